The van der Waals surface area contributed by atoms with Crippen molar-refractivity contribution in [3.05, 3.63) is 32.5 Å². The van der Waals surface area contributed by atoms with Gasteiger partial charge in [-0.25, -0.2) is 4.39 Å². The van der Waals surface area contributed by atoms with Gasteiger partial charge in [0, 0.05) is 10.9 Å². The molecule has 0 aromatic heterocycles. The number of rotatable bonds is 2. The molecular formula is C9H7Br2FO. The van der Waals surface area contributed by atoms with Gasteiger partial charge in [-0.1, -0.05) is 22.9 Å². The van der Waals surface area contributed by atoms with E-state index in [1.54, 1.807) is 13.0 Å². The molecule has 1 aromatic rings. The van der Waals surface area contributed by atoms with Gasteiger partial charge in [-0.05, 0) is 28.1 Å². The standard InChI is InChI=1S/C9H7Br2FO/c1-2-8(13)6-3-5(10)4-7(11)9(6)12/h3-4H,2H2,1H3. The molecule has 1 rings (SSSR count). The van der Waals surface area contributed by atoms with Crippen LogP contribution in [0.5, 0.6) is 0 Å². The zero-order chi connectivity index (χ0) is 10.0. The SMILES string of the molecule is CCC(=O)c1cc(Br)cc(Br)c1F. The lowest BCUT2D eigenvalue weighted by molar-refractivity contribution is 0.0984. The van der Waals surface area contributed by atoms with Crippen molar-refractivity contribution in [1.82, 2.24) is 0 Å². The number of ketones is 1. The second-order valence-electron chi connectivity index (χ2n) is 2.53. The third-order valence-electron chi connectivity index (χ3n) is 1.61. The van der Waals surface area contributed by atoms with Crippen molar-refractivity contribution >= 4 is 37.6 Å². The van der Waals surface area contributed by atoms with Crippen LogP contribution in [0.4, 0.5) is 4.39 Å². The van der Waals surface area contributed by atoms with E-state index >= 15 is 0 Å². The topological polar surface area (TPSA) is 17.1 Å². The summed E-state index contributed by atoms with van der Waals surface area (Å²) in [6.07, 6.45) is 0.305. The summed E-state index contributed by atoms with van der Waals surface area (Å²) in [5.41, 5.74) is 0.128. The molecule has 0 aliphatic heterocycles. The average Bonchev–Trinajstić information content (AvgIpc) is 2.10. The second-order valence-corrected chi connectivity index (χ2v) is 4.30. The van der Waals surface area contributed by atoms with E-state index in [0.29, 0.717) is 15.4 Å². The van der Waals surface area contributed by atoms with Crippen molar-refractivity contribution in [2.45, 2.75) is 13.3 Å². The van der Waals surface area contributed by atoms with E-state index in [0.717, 1.165) is 0 Å². The van der Waals surface area contributed by atoms with Gasteiger partial charge < -0.3 is 0 Å². The van der Waals surface area contributed by atoms with Crippen LogP contribution in [0.1, 0.15) is 23.7 Å². The molecule has 0 saturated carbocycles. The van der Waals surface area contributed by atoms with Crippen LogP contribution < -0.4 is 0 Å². The Labute approximate surface area is 92.6 Å². The highest BCUT2D eigenvalue weighted by atomic mass is 79.9. The summed E-state index contributed by atoms with van der Waals surface area (Å²) in [7, 11) is 0. The lowest BCUT2D eigenvalue weighted by Crippen LogP contribution is -2.01. The third kappa shape index (κ3) is 2.38. The Morgan fingerprint density at radius 2 is 2.08 bits per heavy atom. The first kappa shape index (κ1) is 10.9. The number of benzene rings is 1. The van der Waals surface area contributed by atoms with Crippen molar-refractivity contribution in [3.63, 3.8) is 0 Å². The maximum atomic E-state index is 13.3. The molecule has 0 unspecified atom stereocenters. The van der Waals surface area contributed by atoms with Crippen LogP contribution in [0.3, 0.4) is 0 Å². The van der Waals surface area contributed by atoms with Gasteiger partial charge >= 0.3 is 0 Å². The monoisotopic (exact) mass is 308 g/mol. The van der Waals surface area contributed by atoms with Gasteiger partial charge in [0.1, 0.15) is 5.82 Å². The molecule has 0 aliphatic carbocycles. The fourth-order valence-electron chi connectivity index (χ4n) is 0.949. The molecule has 0 N–H and O–H groups in total. The Balaban J connectivity index is 3.28. The summed E-state index contributed by atoms with van der Waals surface area (Å²) in [6, 6.07) is 3.06. The Bertz CT molecular complexity index is 350. The fraction of sp³-hybridized carbons (Fsp3) is 0.222. The molecule has 0 heterocycles. The molecule has 0 spiro atoms. The minimum Gasteiger partial charge on any atom is -0.294 e. The van der Waals surface area contributed by atoms with Crippen LogP contribution in [-0.2, 0) is 0 Å². The molecular weight excluding hydrogens is 303 g/mol. The van der Waals surface area contributed by atoms with Crippen molar-refractivity contribution in [2.75, 3.05) is 0 Å². The van der Waals surface area contributed by atoms with E-state index in [-0.39, 0.29) is 11.3 Å². The molecule has 0 fully saturated rings. The third-order valence-corrected chi connectivity index (χ3v) is 2.65. The lowest BCUT2D eigenvalue weighted by atomic mass is 10.1. The number of carbonyl (C=O) groups is 1. The van der Waals surface area contributed by atoms with Crippen LogP contribution in [0, 0.1) is 5.82 Å². The van der Waals surface area contributed by atoms with Gasteiger partial charge in [-0.3, -0.25) is 4.79 Å². The average molecular weight is 310 g/mol. The zero-order valence-corrected chi connectivity index (χ0v) is 10.1. The maximum absolute atomic E-state index is 13.3. The number of hydrogen-bond acceptors (Lipinski definition) is 1. The normalized spacial score (nSPS) is 10.2. The highest BCUT2D eigenvalue weighted by Gasteiger charge is 2.13. The first-order chi connectivity index (χ1) is 6.06. The van der Waals surface area contributed by atoms with E-state index in [1.807, 2.05) is 0 Å². The van der Waals surface area contributed by atoms with Gasteiger partial charge in [0.2, 0.25) is 0 Å². The number of halogens is 3. The Morgan fingerprint density at radius 3 is 2.62 bits per heavy atom. The molecule has 0 atom stereocenters. The molecule has 0 aliphatic rings. The van der Waals surface area contributed by atoms with E-state index < -0.39 is 5.82 Å². The molecule has 0 saturated heterocycles. The van der Waals surface area contributed by atoms with E-state index in [2.05, 4.69) is 31.9 Å². The summed E-state index contributed by atoms with van der Waals surface area (Å²) in [5, 5.41) is 0. The van der Waals surface area contributed by atoms with Crippen molar-refractivity contribution in [3.8, 4) is 0 Å². The Morgan fingerprint density at radius 1 is 1.46 bits per heavy atom. The number of carbonyl (C=O) groups excluding carboxylic acids is 1. The number of hydrogen-bond donors (Lipinski definition) is 0. The van der Waals surface area contributed by atoms with E-state index in [1.165, 1.54) is 6.07 Å². The predicted molar refractivity (Wildman–Crippen MR) is 56.4 cm³/mol. The molecule has 70 valence electrons. The Hall–Kier alpha value is -0.220. The molecule has 13 heavy (non-hydrogen) atoms. The van der Waals surface area contributed by atoms with Crippen LogP contribution in [0.25, 0.3) is 0 Å². The summed E-state index contributed by atoms with van der Waals surface area (Å²) in [5.74, 6) is -0.686. The quantitative estimate of drug-likeness (QED) is 0.597. The largest absolute Gasteiger partial charge is 0.294 e. The molecule has 0 bridgehead atoms. The van der Waals surface area contributed by atoms with E-state index in [9.17, 15) is 9.18 Å². The van der Waals surface area contributed by atoms with Crippen molar-refractivity contribution < 1.29 is 9.18 Å². The minimum absolute atomic E-state index is 0.128. The Kier molecular flexibility index (Phi) is 3.62. The molecule has 0 radical (unpaired) electrons. The van der Waals surface area contributed by atoms with E-state index in [4.69, 9.17) is 0 Å². The zero-order valence-electron chi connectivity index (χ0n) is 6.90. The summed E-state index contributed by atoms with van der Waals surface area (Å²) >= 11 is 6.23. The summed E-state index contributed by atoms with van der Waals surface area (Å²) in [4.78, 5) is 11.3. The van der Waals surface area contributed by atoms with Gasteiger partial charge in [-0.2, -0.15) is 0 Å². The first-order valence-electron chi connectivity index (χ1n) is 3.74. The molecule has 0 amide bonds. The van der Waals surface area contributed by atoms with Gasteiger partial charge in [0.25, 0.3) is 0 Å². The van der Waals surface area contributed by atoms with Crippen LogP contribution in [0.15, 0.2) is 21.1 Å². The van der Waals surface area contributed by atoms with Crippen LogP contribution in [0.2, 0.25) is 0 Å². The summed E-state index contributed by atoms with van der Waals surface area (Å²) in [6.45, 7) is 1.70. The number of Topliss-reactive ketones (excluding diaryl/α,β-unsaturated/α-hetero) is 1. The first-order valence-corrected chi connectivity index (χ1v) is 5.32. The van der Waals surface area contributed by atoms with Crippen molar-refractivity contribution in [2.24, 2.45) is 0 Å². The van der Waals surface area contributed by atoms with Gasteiger partial charge in [0.15, 0.2) is 5.78 Å². The summed E-state index contributed by atoms with van der Waals surface area (Å²) < 4.78 is 14.3. The highest BCUT2D eigenvalue weighted by molar-refractivity contribution is 9.11. The van der Waals surface area contributed by atoms with Gasteiger partial charge in [-0.15, -0.1) is 0 Å². The second kappa shape index (κ2) is 4.33. The maximum Gasteiger partial charge on any atom is 0.165 e. The molecule has 1 nitrogen and oxygen atoms in total. The van der Waals surface area contributed by atoms with Crippen molar-refractivity contribution in [1.29, 1.82) is 0 Å². The van der Waals surface area contributed by atoms with Crippen LogP contribution >= 0.6 is 31.9 Å². The fourth-order valence-corrected chi connectivity index (χ4v) is 2.17. The lowest BCUT2D eigenvalue weighted by Gasteiger charge is -2.03. The van der Waals surface area contributed by atoms with Gasteiger partial charge in [0.05, 0.1) is 10.0 Å². The highest BCUT2D eigenvalue weighted by Crippen LogP contribution is 2.25. The molecule has 1 aromatic carbocycles. The minimum atomic E-state index is -0.491. The smallest absolute Gasteiger partial charge is 0.165 e. The van der Waals surface area contributed by atoms with Crippen LogP contribution in [-0.4, -0.2) is 5.78 Å². The predicted octanol–water partition coefficient (Wildman–Crippen LogP) is 3.94. The molecule has 4 heteroatoms.